The highest BCUT2D eigenvalue weighted by Crippen LogP contribution is 2.25. The maximum absolute atomic E-state index is 12.9. The average molecular weight is 700 g/mol. The Kier molecular flexibility index (Phi) is 23.0. The molecule has 0 bridgehead atoms. The number of carboxylic acids is 3. The van der Waals surface area contributed by atoms with E-state index in [1.54, 1.807) is 14.7 Å². The van der Waals surface area contributed by atoms with Gasteiger partial charge >= 0.3 is 17.9 Å². The van der Waals surface area contributed by atoms with Gasteiger partial charge in [0.15, 0.2) is 0 Å². The molecule has 0 saturated carbocycles. The van der Waals surface area contributed by atoms with Crippen LogP contribution in [0.2, 0.25) is 0 Å². The third-order valence-corrected chi connectivity index (χ3v) is 9.72. The summed E-state index contributed by atoms with van der Waals surface area (Å²) in [6.45, 7) is 16.4. The highest BCUT2D eigenvalue weighted by Gasteiger charge is 2.34. The first kappa shape index (κ1) is 46.2. The van der Waals surface area contributed by atoms with E-state index in [1.165, 1.54) is 0 Å². The minimum atomic E-state index is -1.06. The van der Waals surface area contributed by atoms with E-state index in [1.807, 2.05) is 27.7 Å². The summed E-state index contributed by atoms with van der Waals surface area (Å²) < 4.78 is 0. The van der Waals surface area contributed by atoms with Gasteiger partial charge in [-0.05, 0) is 65.2 Å². The summed E-state index contributed by atoms with van der Waals surface area (Å²) in [5.41, 5.74) is -1.48. The number of carboxylic acid groups (broad SMARTS) is 3. The SMILES string of the molecule is CCCCC(CC)CNC(=O)CN(CCC(C)(C)N(CCC(C)(C)N(CC(=O)O)CC(=O)NCC(CC)CCCC)CC(=O)O)CC(=O)O. The molecule has 2 amide bonds. The summed E-state index contributed by atoms with van der Waals surface area (Å²) >= 11 is 0. The standard InChI is InChI=1S/C36H69N5O8/c1-9-13-15-28(11-3)21-37-30(42)23-39(25-32(44)45)19-17-35(5,6)40(26-33(46)47)20-18-36(7,8)41(27-34(48)49)24-31(43)38-22-29(12-4)16-14-10-2/h28-29H,9-27H2,1-8H3,(H,37,42)(H,38,43)(H,44,45)(H,46,47)(H,48,49). The molecule has 0 radical (unpaired) electrons. The molecule has 2 unspecified atom stereocenters. The van der Waals surface area contributed by atoms with Crippen LogP contribution in [0.5, 0.6) is 0 Å². The number of hydrogen-bond donors (Lipinski definition) is 5. The monoisotopic (exact) mass is 700 g/mol. The van der Waals surface area contributed by atoms with Crippen molar-refractivity contribution < 1.29 is 39.3 Å². The van der Waals surface area contributed by atoms with Gasteiger partial charge in [-0.3, -0.25) is 38.7 Å². The van der Waals surface area contributed by atoms with Gasteiger partial charge in [-0.25, -0.2) is 0 Å². The Morgan fingerprint density at radius 2 is 0.980 bits per heavy atom. The van der Waals surface area contributed by atoms with Gasteiger partial charge in [0.1, 0.15) is 0 Å². The number of aliphatic carboxylic acids is 3. The van der Waals surface area contributed by atoms with Crippen molar-refractivity contribution in [1.82, 2.24) is 25.3 Å². The van der Waals surface area contributed by atoms with Gasteiger partial charge in [0.2, 0.25) is 11.8 Å². The largest absolute Gasteiger partial charge is 0.480 e. The lowest BCUT2D eigenvalue weighted by atomic mass is 9.93. The molecule has 0 saturated heterocycles. The molecule has 13 heteroatoms. The fraction of sp³-hybridized carbons (Fsp3) is 0.861. The summed E-state index contributed by atoms with van der Waals surface area (Å²) in [6.07, 6.45) is 9.03. The molecule has 0 heterocycles. The van der Waals surface area contributed by atoms with Crippen molar-refractivity contribution in [2.24, 2.45) is 11.8 Å². The minimum Gasteiger partial charge on any atom is -0.480 e. The van der Waals surface area contributed by atoms with Crippen molar-refractivity contribution in [1.29, 1.82) is 0 Å². The number of amides is 2. The zero-order valence-electron chi connectivity index (χ0n) is 31.8. The third kappa shape index (κ3) is 21.1. The molecule has 0 rings (SSSR count). The van der Waals surface area contributed by atoms with E-state index >= 15 is 0 Å². The van der Waals surface area contributed by atoms with Crippen LogP contribution in [0.25, 0.3) is 0 Å². The number of carbonyl (C=O) groups excluding carboxylic acids is 2. The summed E-state index contributed by atoms with van der Waals surface area (Å²) in [7, 11) is 0. The number of nitrogens with one attached hydrogen (secondary N) is 2. The minimum absolute atomic E-state index is 0.0810. The van der Waals surface area contributed by atoms with Crippen LogP contribution in [0.3, 0.4) is 0 Å². The second-order valence-corrected chi connectivity index (χ2v) is 14.7. The average Bonchev–Trinajstić information content (AvgIpc) is 3.01. The fourth-order valence-electron chi connectivity index (χ4n) is 5.86. The molecule has 0 aliphatic rings. The maximum atomic E-state index is 12.9. The summed E-state index contributed by atoms with van der Waals surface area (Å²) in [6, 6.07) is 0. The number of unbranched alkanes of at least 4 members (excludes halogenated alkanes) is 2. The van der Waals surface area contributed by atoms with E-state index < -0.39 is 29.0 Å². The Morgan fingerprint density at radius 1 is 0.571 bits per heavy atom. The van der Waals surface area contributed by atoms with Gasteiger partial charge in [-0.2, -0.15) is 0 Å². The van der Waals surface area contributed by atoms with Gasteiger partial charge in [-0.15, -0.1) is 0 Å². The quantitative estimate of drug-likeness (QED) is 0.0727. The highest BCUT2D eigenvalue weighted by atomic mass is 16.4. The first-order chi connectivity index (χ1) is 22.9. The zero-order chi connectivity index (χ0) is 37.6. The molecular weight excluding hydrogens is 630 g/mol. The van der Waals surface area contributed by atoms with E-state index in [2.05, 4.69) is 38.3 Å². The Morgan fingerprint density at radius 3 is 1.41 bits per heavy atom. The lowest BCUT2D eigenvalue weighted by molar-refractivity contribution is -0.141. The van der Waals surface area contributed by atoms with Crippen molar-refractivity contribution in [3.63, 3.8) is 0 Å². The molecule has 2 atom stereocenters. The lowest BCUT2D eigenvalue weighted by Crippen LogP contribution is -2.55. The normalized spacial score (nSPS) is 13.4. The molecule has 5 N–H and O–H groups in total. The molecule has 13 nitrogen and oxygen atoms in total. The molecule has 49 heavy (non-hydrogen) atoms. The van der Waals surface area contributed by atoms with Crippen LogP contribution in [0.4, 0.5) is 0 Å². The summed E-state index contributed by atoms with van der Waals surface area (Å²) in [4.78, 5) is 66.1. The molecule has 0 aliphatic heterocycles. The van der Waals surface area contributed by atoms with E-state index in [0.717, 1.165) is 51.4 Å². The number of hydrogen-bond acceptors (Lipinski definition) is 8. The molecule has 0 aromatic carbocycles. The number of carbonyl (C=O) groups is 5. The smallest absolute Gasteiger partial charge is 0.317 e. The van der Waals surface area contributed by atoms with E-state index in [-0.39, 0.29) is 57.6 Å². The molecule has 0 aromatic heterocycles. The molecule has 0 spiro atoms. The van der Waals surface area contributed by atoms with E-state index in [0.29, 0.717) is 37.8 Å². The van der Waals surface area contributed by atoms with E-state index in [4.69, 9.17) is 0 Å². The second kappa shape index (κ2) is 24.4. The van der Waals surface area contributed by atoms with Crippen LogP contribution in [0.1, 0.15) is 120 Å². The molecule has 0 aromatic rings. The molecule has 0 fully saturated rings. The fourth-order valence-corrected chi connectivity index (χ4v) is 5.86. The van der Waals surface area contributed by atoms with Crippen LogP contribution in [0.15, 0.2) is 0 Å². The second-order valence-electron chi connectivity index (χ2n) is 14.7. The first-order valence-corrected chi connectivity index (χ1v) is 18.3. The predicted octanol–water partition coefficient (Wildman–Crippen LogP) is 4.15. The van der Waals surface area contributed by atoms with Crippen molar-refractivity contribution >= 4 is 29.7 Å². The van der Waals surface area contributed by atoms with E-state index in [9.17, 15) is 39.3 Å². The van der Waals surface area contributed by atoms with Crippen molar-refractivity contribution in [2.45, 2.75) is 131 Å². The Labute approximate surface area is 295 Å². The lowest BCUT2D eigenvalue weighted by Gasteiger charge is -2.43. The highest BCUT2D eigenvalue weighted by molar-refractivity contribution is 5.79. The van der Waals surface area contributed by atoms with Crippen molar-refractivity contribution in [2.75, 3.05) is 58.9 Å². The van der Waals surface area contributed by atoms with Gasteiger partial charge in [-0.1, -0.05) is 66.2 Å². The van der Waals surface area contributed by atoms with Gasteiger partial charge in [0.25, 0.3) is 0 Å². The van der Waals surface area contributed by atoms with Crippen LogP contribution < -0.4 is 10.6 Å². The molecule has 286 valence electrons. The first-order valence-electron chi connectivity index (χ1n) is 18.3. The van der Waals surface area contributed by atoms with Crippen LogP contribution >= 0.6 is 0 Å². The topological polar surface area (TPSA) is 180 Å². The van der Waals surface area contributed by atoms with Gasteiger partial charge in [0, 0.05) is 37.3 Å². The number of nitrogens with zero attached hydrogens (tertiary/aromatic N) is 3. The number of rotatable bonds is 30. The van der Waals surface area contributed by atoms with Crippen molar-refractivity contribution in [3.8, 4) is 0 Å². The van der Waals surface area contributed by atoms with Gasteiger partial charge in [0.05, 0.1) is 32.7 Å². The molecule has 0 aliphatic carbocycles. The summed E-state index contributed by atoms with van der Waals surface area (Å²) in [5, 5.41) is 34.9. The maximum Gasteiger partial charge on any atom is 0.317 e. The van der Waals surface area contributed by atoms with Crippen LogP contribution in [0, 0.1) is 11.8 Å². The third-order valence-electron chi connectivity index (χ3n) is 9.72. The zero-order valence-corrected chi connectivity index (χ0v) is 31.8. The Bertz CT molecular complexity index is 1010. The Hall–Kier alpha value is -2.77. The van der Waals surface area contributed by atoms with Crippen LogP contribution in [-0.4, -0.2) is 130 Å². The van der Waals surface area contributed by atoms with Crippen molar-refractivity contribution in [3.05, 3.63) is 0 Å². The molecular formula is C36H69N5O8. The van der Waals surface area contributed by atoms with Crippen LogP contribution in [-0.2, 0) is 24.0 Å². The predicted molar refractivity (Wildman–Crippen MR) is 193 cm³/mol. The summed E-state index contributed by atoms with van der Waals surface area (Å²) in [5.74, 6) is -2.91. The van der Waals surface area contributed by atoms with Gasteiger partial charge < -0.3 is 26.0 Å². The Balaban J connectivity index is 5.61.